The van der Waals surface area contributed by atoms with Crippen molar-refractivity contribution in [2.45, 2.75) is 38.9 Å². The summed E-state index contributed by atoms with van der Waals surface area (Å²) in [6, 6.07) is 19.4. The standard InChI is InChI=1S/C21H25N3O2/c1-17(21(25)24-15-18-8-3-2-4-9-18)23-16-19-10-7-11-20(14-19)26-13-6-5-12-22/h2-4,7-11,14,17,23H,5-6,13,15-16H2,1H3,(H,24,25). The summed E-state index contributed by atoms with van der Waals surface area (Å²) in [5.74, 6) is 0.751. The molecule has 1 unspecified atom stereocenters. The highest BCUT2D eigenvalue weighted by Gasteiger charge is 2.11. The fraction of sp³-hybridized carbons (Fsp3) is 0.333. The molecule has 26 heavy (non-hydrogen) atoms. The lowest BCUT2D eigenvalue weighted by Crippen LogP contribution is -2.41. The minimum Gasteiger partial charge on any atom is -0.494 e. The molecule has 136 valence electrons. The van der Waals surface area contributed by atoms with Gasteiger partial charge in [0.15, 0.2) is 0 Å². The third-order valence-corrected chi connectivity index (χ3v) is 3.92. The van der Waals surface area contributed by atoms with Gasteiger partial charge in [0.25, 0.3) is 0 Å². The first-order valence-electron chi connectivity index (χ1n) is 8.83. The summed E-state index contributed by atoms with van der Waals surface area (Å²) in [7, 11) is 0. The molecule has 0 spiro atoms. The maximum absolute atomic E-state index is 12.2. The van der Waals surface area contributed by atoms with E-state index >= 15 is 0 Å². The molecule has 0 saturated carbocycles. The lowest BCUT2D eigenvalue weighted by molar-refractivity contribution is -0.122. The van der Waals surface area contributed by atoms with E-state index in [-0.39, 0.29) is 11.9 Å². The summed E-state index contributed by atoms with van der Waals surface area (Å²) in [5.41, 5.74) is 2.12. The molecule has 0 bridgehead atoms. The van der Waals surface area contributed by atoms with Crippen LogP contribution in [0.5, 0.6) is 5.75 Å². The van der Waals surface area contributed by atoms with Gasteiger partial charge >= 0.3 is 0 Å². The van der Waals surface area contributed by atoms with Gasteiger partial charge in [-0.25, -0.2) is 0 Å². The van der Waals surface area contributed by atoms with Gasteiger partial charge in [0.05, 0.1) is 18.7 Å². The molecule has 5 heteroatoms. The Morgan fingerprint density at radius 2 is 1.88 bits per heavy atom. The Morgan fingerprint density at radius 3 is 2.65 bits per heavy atom. The number of unbranched alkanes of at least 4 members (excludes halogenated alkanes) is 1. The molecule has 2 aromatic rings. The van der Waals surface area contributed by atoms with E-state index in [0.717, 1.165) is 23.3 Å². The Hall–Kier alpha value is -2.84. The van der Waals surface area contributed by atoms with E-state index in [0.29, 0.717) is 26.1 Å². The molecule has 5 nitrogen and oxygen atoms in total. The zero-order valence-electron chi connectivity index (χ0n) is 15.1. The second-order valence-electron chi connectivity index (χ2n) is 6.06. The average molecular weight is 351 g/mol. The summed E-state index contributed by atoms with van der Waals surface area (Å²) < 4.78 is 5.63. The minimum absolute atomic E-state index is 0.0299. The van der Waals surface area contributed by atoms with E-state index in [2.05, 4.69) is 16.7 Å². The van der Waals surface area contributed by atoms with Crippen molar-refractivity contribution in [1.29, 1.82) is 5.26 Å². The van der Waals surface area contributed by atoms with Crippen LogP contribution in [0, 0.1) is 11.3 Å². The van der Waals surface area contributed by atoms with Crippen LogP contribution in [-0.4, -0.2) is 18.6 Å². The van der Waals surface area contributed by atoms with Gasteiger partial charge in [-0.3, -0.25) is 4.79 Å². The van der Waals surface area contributed by atoms with Crippen molar-refractivity contribution in [2.75, 3.05) is 6.61 Å². The van der Waals surface area contributed by atoms with Gasteiger partial charge in [0.2, 0.25) is 5.91 Å². The number of nitrogens with one attached hydrogen (secondary N) is 2. The molecule has 1 amide bonds. The van der Waals surface area contributed by atoms with Crippen LogP contribution in [0.4, 0.5) is 0 Å². The molecule has 0 aliphatic heterocycles. The Morgan fingerprint density at radius 1 is 1.12 bits per heavy atom. The molecule has 2 N–H and O–H groups in total. The minimum atomic E-state index is -0.293. The summed E-state index contributed by atoms with van der Waals surface area (Å²) in [6.45, 7) is 3.48. The molecular formula is C21H25N3O2. The smallest absolute Gasteiger partial charge is 0.237 e. The first-order valence-corrected chi connectivity index (χ1v) is 8.83. The van der Waals surface area contributed by atoms with Crippen LogP contribution < -0.4 is 15.4 Å². The quantitative estimate of drug-likeness (QED) is 0.645. The first kappa shape index (κ1) is 19.5. The van der Waals surface area contributed by atoms with Crippen LogP contribution >= 0.6 is 0 Å². The number of nitriles is 1. The van der Waals surface area contributed by atoms with Gasteiger partial charge in [-0.05, 0) is 36.6 Å². The van der Waals surface area contributed by atoms with E-state index < -0.39 is 0 Å². The van der Waals surface area contributed by atoms with Gasteiger partial charge < -0.3 is 15.4 Å². The number of carbonyl (C=O) groups excluding carboxylic acids is 1. The van der Waals surface area contributed by atoms with Crippen molar-refractivity contribution >= 4 is 5.91 Å². The summed E-state index contributed by atoms with van der Waals surface area (Å²) in [6.07, 6.45) is 1.22. The molecule has 0 aliphatic carbocycles. The zero-order valence-corrected chi connectivity index (χ0v) is 15.1. The summed E-state index contributed by atoms with van der Waals surface area (Å²) in [4.78, 5) is 12.2. The Kier molecular flexibility index (Phi) is 8.17. The molecule has 0 heterocycles. The van der Waals surface area contributed by atoms with Crippen molar-refractivity contribution in [3.05, 3.63) is 65.7 Å². The van der Waals surface area contributed by atoms with Gasteiger partial charge in [-0.15, -0.1) is 0 Å². The topological polar surface area (TPSA) is 74.1 Å². The SMILES string of the molecule is CC(NCc1cccc(OCCCC#N)c1)C(=O)NCc1ccccc1. The van der Waals surface area contributed by atoms with E-state index in [9.17, 15) is 4.79 Å². The predicted molar refractivity (Wildman–Crippen MR) is 101 cm³/mol. The van der Waals surface area contributed by atoms with Crippen LogP contribution in [-0.2, 0) is 17.9 Å². The van der Waals surface area contributed by atoms with Crippen LogP contribution in [0.25, 0.3) is 0 Å². The van der Waals surface area contributed by atoms with Crippen molar-refractivity contribution < 1.29 is 9.53 Å². The molecule has 0 aliphatic rings. The van der Waals surface area contributed by atoms with Crippen LogP contribution in [0.15, 0.2) is 54.6 Å². The Balaban J connectivity index is 1.74. The number of hydrogen-bond acceptors (Lipinski definition) is 4. The number of nitrogens with zero attached hydrogens (tertiary/aromatic N) is 1. The second kappa shape index (κ2) is 10.9. The van der Waals surface area contributed by atoms with Gasteiger partial charge in [0.1, 0.15) is 5.75 Å². The number of benzene rings is 2. The molecule has 1 atom stereocenters. The van der Waals surface area contributed by atoms with E-state index in [1.807, 2.05) is 61.5 Å². The monoisotopic (exact) mass is 351 g/mol. The van der Waals surface area contributed by atoms with Gasteiger partial charge in [0, 0.05) is 19.5 Å². The van der Waals surface area contributed by atoms with Crippen molar-refractivity contribution in [1.82, 2.24) is 10.6 Å². The zero-order chi connectivity index (χ0) is 18.6. The van der Waals surface area contributed by atoms with Crippen LogP contribution in [0.1, 0.15) is 30.9 Å². The lowest BCUT2D eigenvalue weighted by Gasteiger charge is -2.15. The molecule has 2 rings (SSSR count). The third-order valence-electron chi connectivity index (χ3n) is 3.92. The summed E-state index contributed by atoms with van der Waals surface area (Å²) in [5, 5.41) is 14.7. The normalized spacial score (nSPS) is 11.4. The molecule has 0 aromatic heterocycles. The first-order chi connectivity index (χ1) is 12.7. The molecule has 0 saturated heterocycles. The van der Waals surface area contributed by atoms with Crippen LogP contribution in [0.2, 0.25) is 0 Å². The van der Waals surface area contributed by atoms with Crippen LogP contribution in [0.3, 0.4) is 0 Å². The average Bonchev–Trinajstić information content (AvgIpc) is 2.68. The fourth-order valence-electron chi connectivity index (χ4n) is 2.39. The predicted octanol–water partition coefficient (Wildman–Crippen LogP) is 3.16. The van der Waals surface area contributed by atoms with E-state index in [4.69, 9.17) is 10.00 Å². The van der Waals surface area contributed by atoms with Gasteiger partial charge in [-0.1, -0.05) is 42.5 Å². The van der Waals surface area contributed by atoms with Crippen molar-refractivity contribution in [2.24, 2.45) is 0 Å². The maximum Gasteiger partial charge on any atom is 0.237 e. The maximum atomic E-state index is 12.2. The molecule has 0 radical (unpaired) electrons. The summed E-state index contributed by atoms with van der Waals surface area (Å²) >= 11 is 0. The largest absolute Gasteiger partial charge is 0.494 e. The van der Waals surface area contributed by atoms with E-state index in [1.54, 1.807) is 0 Å². The number of carbonyl (C=O) groups is 1. The van der Waals surface area contributed by atoms with Crippen molar-refractivity contribution in [3.8, 4) is 11.8 Å². The second-order valence-corrected chi connectivity index (χ2v) is 6.06. The highest BCUT2D eigenvalue weighted by molar-refractivity contribution is 5.81. The fourth-order valence-corrected chi connectivity index (χ4v) is 2.39. The highest BCUT2D eigenvalue weighted by atomic mass is 16.5. The highest BCUT2D eigenvalue weighted by Crippen LogP contribution is 2.14. The number of ether oxygens (including phenoxy) is 1. The van der Waals surface area contributed by atoms with E-state index in [1.165, 1.54) is 0 Å². The Labute approximate surface area is 155 Å². The number of rotatable bonds is 10. The number of amides is 1. The lowest BCUT2D eigenvalue weighted by atomic mass is 10.2. The Bertz CT molecular complexity index is 726. The molecular weight excluding hydrogens is 326 g/mol. The van der Waals surface area contributed by atoms with Crippen molar-refractivity contribution in [3.63, 3.8) is 0 Å². The van der Waals surface area contributed by atoms with Gasteiger partial charge in [-0.2, -0.15) is 5.26 Å². The molecule has 0 fully saturated rings. The molecule has 2 aromatic carbocycles. The number of hydrogen-bond donors (Lipinski definition) is 2. The third kappa shape index (κ3) is 6.96.